The summed E-state index contributed by atoms with van der Waals surface area (Å²) in [4.78, 5) is 40.3. The van der Waals surface area contributed by atoms with Gasteiger partial charge in [0.1, 0.15) is 5.75 Å². The van der Waals surface area contributed by atoms with Crippen LogP contribution in [-0.2, 0) is 9.59 Å². The lowest BCUT2D eigenvalue weighted by atomic mass is 10.2. The first-order chi connectivity index (χ1) is 12.4. The molecule has 1 aliphatic rings. The number of aryl methyl sites for hydroxylation is 1. The molecular formula is C19H18N2O4S. The Balaban J connectivity index is 2.01. The molecule has 0 N–H and O–H groups in total. The minimum absolute atomic E-state index is 0.348. The van der Waals surface area contributed by atoms with Crippen molar-refractivity contribution in [2.75, 3.05) is 16.9 Å². The fourth-order valence-electron chi connectivity index (χ4n) is 2.85. The molecule has 1 heterocycles. The maximum atomic E-state index is 13.0. The first kappa shape index (κ1) is 18.0. The van der Waals surface area contributed by atoms with E-state index in [0.29, 0.717) is 17.1 Å². The number of rotatable bonds is 4. The van der Waals surface area contributed by atoms with Gasteiger partial charge in [0.15, 0.2) is 5.37 Å². The van der Waals surface area contributed by atoms with Crippen LogP contribution in [0, 0.1) is 6.92 Å². The summed E-state index contributed by atoms with van der Waals surface area (Å²) in [6.45, 7) is 3.25. The molecule has 26 heavy (non-hydrogen) atoms. The van der Waals surface area contributed by atoms with Crippen LogP contribution in [0.15, 0.2) is 48.5 Å². The number of para-hydroxylation sites is 2. The van der Waals surface area contributed by atoms with E-state index in [1.807, 2.05) is 13.0 Å². The van der Waals surface area contributed by atoms with Crippen LogP contribution in [-0.4, -0.2) is 29.5 Å². The van der Waals surface area contributed by atoms with E-state index >= 15 is 0 Å². The van der Waals surface area contributed by atoms with Gasteiger partial charge in [-0.15, -0.1) is 0 Å². The monoisotopic (exact) mass is 370 g/mol. The third-order valence-electron chi connectivity index (χ3n) is 4.00. The number of hydrogen-bond acceptors (Lipinski definition) is 5. The van der Waals surface area contributed by atoms with Crippen molar-refractivity contribution in [2.45, 2.75) is 19.2 Å². The quantitative estimate of drug-likeness (QED) is 0.823. The minimum Gasteiger partial charge on any atom is -0.495 e. The molecule has 0 aliphatic carbocycles. The molecule has 6 nitrogen and oxygen atoms in total. The van der Waals surface area contributed by atoms with Gasteiger partial charge in [-0.1, -0.05) is 24.3 Å². The number of hydrogen-bond donors (Lipinski definition) is 0. The van der Waals surface area contributed by atoms with Gasteiger partial charge in [-0.2, -0.15) is 0 Å². The lowest BCUT2D eigenvalue weighted by Crippen LogP contribution is -2.44. The molecule has 0 bridgehead atoms. The Hall–Kier alpha value is -2.80. The predicted octanol–water partition coefficient (Wildman–Crippen LogP) is 3.58. The summed E-state index contributed by atoms with van der Waals surface area (Å²) >= 11 is 0.820. The number of amides is 3. The maximum absolute atomic E-state index is 13.0. The van der Waals surface area contributed by atoms with Crippen LogP contribution >= 0.6 is 11.8 Å². The number of imide groups is 1. The van der Waals surface area contributed by atoms with Crippen LogP contribution in [0.1, 0.15) is 12.5 Å². The molecule has 1 fully saturated rings. The zero-order valence-corrected chi connectivity index (χ0v) is 15.4. The van der Waals surface area contributed by atoms with Gasteiger partial charge >= 0.3 is 0 Å². The summed E-state index contributed by atoms with van der Waals surface area (Å²) < 4.78 is 5.31. The van der Waals surface area contributed by atoms with Crippen molar-refractivity contribution in [3.63, 3.8) is 0 Å². The smallest absolute Gasteiger partial charge is 0.295 e. The average molecular weight is 370 g/mol. The number of methoxy groups -OCH3 is 1. The third-order valence-corrected chi connectivity index (χ3v) is 5.02. The molecule has 0 radical (unpaired) electrons. The molecule has 3 amide bonds. The van der Waals surface area contributed by atoms with Crippen molar-refractivity contribution >= 4 is 40.2 Å². The second kappa shape index (κ2) is 7.21. The van der Waals surface area contributed by atoms with E-state index in [2.05, 4.69) is 0 Å². The van der Waals surface area contributed by atoms with E-state index in [1.54, 1.807) is 42.5 Å². The van der Waals surface area contributed by atoms with Gasteiger partial charge in [-0.25, -0.2) is 4.90 Å². The fraction of sp³-hybridized carbons (Fsp3) is 0.211. The molecule has 0 spiro atoms. The van der Waals surface area contributed by atoms with E-state index in [1.165, 1.54) is 18.9 Å². The molecule has 134 valence electrons. The number of carbonyl (C=O) groups is 3. The first-order valence-corrected chi connectivity index (χ1v) is 8.86. The van der Waals surface area contributed by atoms with Crippen LogP contribution in [0.2, 0.25) is 0 Å². The molecule has 0 unspecified atom stereocenters. The van der Waals surface area contributed by atoms with Crippen LogP contribution < -0.4 is 14.5 Å². The number of ether oxygens (including phenoxy) is 1. The fourth-order valence-corrected chi connectivity index (χ4v) is 3.92. The minimum atomic E-state index is -0.975. The summed E-state index contributed by atoms with van der Waals surface area (Å²) in [5.41, 5.74) is 1.88. The Morgan fingerprint density at radius 2 is 1.88 bits per heavy atom. The highest BCUT2D eigenvalue weighted by atomic mass is 32.2. The van der Waals surface area contributed by atoms with E-state index in [4.69, 9.17) is 4.74 Å². The molecular weight excluding hydrogens is 352 g/mol. The Bertz CT molecular complexity index is 883. The molecule has 3 rings (SSSR count). The summed E-state index contributed by atoms with van der Waals surface area (Å²) in [7, 11) is 1.49. The summed E-state index contributed by atoms with van der Waals surface area (Å²) in [6.07, 6.45) is 0. The van der Waals surface area contributed by atoms with Crippen molar-refractivity contribution in [3.05, 3.63) is 54.1 Å². The van der Waals surface area contributed by atoms with Crippen LogP contribution in [0.25, 0.3) is 0 Å². The van der Waals surface area contributed by atoms with Gasteiger partial charge in [0.05, 0.1) is 18.5 Å². The van der Waals surface area contributed by atoms with E-state index in [9.17, 15) is 14.4 Å². The summed E-state index contributed by atoms with van der Waals surface area (Å²) in [5.74, 6) is -0.344. The summed E-state index contributed by atoms with van der Waals surface area (Å²) in [6, 6.07) is 14.0. The number of nitrogens with zero attached hydrogens (tertiary/aromatic N) is 2. The molecule has 0 saturated carbocycles. The first-order valence-electron chi connectivity index (χ1n) is 7.98. The largest absolute Gasteiger partial charge is 0.495 e. The predicted molar refractivity (Wildman–Crippen MR) is 102 cm³/mol. The Labute approximate surface area is 155 Å². The molecule has 1 saturated heterocycles. The second-order valence-electron chi connectivity index (χ2n) is 5.81. The van der Waals surface area contributed by atoms with Gasteiger partial charge in [-0.3, -0.25) is 19.3 Å². The van der Waals surface area contributed by atoms with Crippen molar-refractivity contribution in [2.24, 2.45) is 0 Å². The highest BCUT2D eigenvalue weighted by Crippen LogP contribution is 2.39. The normalized spacial score (nSPS) is 16.7. The summed E-state index contributed by atoms with van der Waals surface area (Å²) in [5, 5.41) is -1.39. The van der Waals surface area contributed by atoms with Crippen molar-refractivity contribution in [1.82, 2.24) is 0 Å². The zero-order chi connectivity index (χ0) is 18.8. The topological polar surface area (TPSA) is 66.9 Å². The molecule has 0 aromatic heterocycles. The van der Waals surface area contributed by atoms with Crippen LogP contribution in [0.3, 0.4) is 0 Å². The second-order valence-corrected chi connectivity index (χ2v) is 6.84. The number of anilines is 2. The van der Waals surface area contributed by atoms with Crippen LogP contribution in [0.4, 0.5) is 16.2 Å². The van der Waals surface area contributed by atoms with Gasteiger partial charge in [0, 0.05) is 6.92 Å². The maximum Gasteiger partial charge on any atom is 0.295 e. The number of thioether (sulfide) groups is 1. The standard InChI is InChI=1S/C19H18N2O4S/c1-12-7-6-8-14(11-12)21-17(23)18(26-19(21)24)20(13(2)22)15-9-4-5-10-16(15)25-3/h4-11,18H,1-3H3/t18-/m1/s1. The van der Waals surface area contributed by atoms with Crippen molar-refractivity contribution in [3.8, 4) is 5.75 Å². The highest BCUT2D eigenvalue weighted by Gasteiger charge is 2.46. The Morgan fingerprint density at radius 3 is 2.54 bits per heavy atom. The number of benzene rings is 2. The molecule has 1 aliphatic heterocycles. The van der Waals surface area contributed by atoms with E-state index in [0.717, 1.165) is 22.2 Å². The number of carbonyl (C=O) groups excluding carboxylic acids is 3. The van der Waals surface area contributed by atoms with Gasteiger partial charge < -0.3 is 4.74 Å². The molecule has 2 aromatic rings. The Kier molecular flexibility index (Phi) is 4.99. The lowest BCUT2D eigenvalue weighted by Gasteiger charge is -2.27. The highest BCUT2D eigenvalue weighted by molar-refractivity contribution is 8.16. The zero-order valence-electron chi connectivity index (χ0n) is 14.6. The SMILES string of the molecule is COc1ccccc1N(C(C)=O)[C@@H]1SC(=O)N(c2cccc(C)c2)C1=O. The van der Waals surface area contributed by atoms with Gasteiger partial charge in [0.25, 0.3) is 11.1 Å². The lowest BCUT2D eigenvalue weighted by molar-refractivity contribution is -0.121. The van der Waals surface area contributed by atoms with E-state index in [-0.39, 0.29) is 5.91 Å². The van der Waals surface area contributed by atoms with E-state index < -0.39 is 16.5 Å². The molecule has 2 aromatic carbocycles. The van der Waals surface area contributed by atoms with Gasteiger partial charge in [-0.05, 0) is 48.5 Å². The van der Waals surface area contributed by atoms with Gasteiger partial charge in [0.2, 0.25) is 5.91 Å². The van der Waals surface area contributed by atoms with Crippen LogP contribution in [0.5, 0.6) is 5.75 Å². The molecule has 1 atom stereocenters. The third kappa shape index (κ3) is 3.17. The van der Waals surface area contributed by atoms with Crippen molar-refractivity contribution in [1.29, 1.82) is 0 Å². The Morgan fingerprint density at radius 1 is 1.15 bits per heavy atom. The van der Waals surface area contributed by atoms with Crippen molar-refractivity contribution < 1.29 is 19.1 Å². The molecule has 7 heteroatoms. The average Bonchev–Trinajstić information content (AvgIpc) is 2.89.